The lowest BCUT2D eigenvalue weighted by Gasteiger charge is -2.19. The average molecular weight is 316 g/mol. The highest BCUT2D eigenvalue weighted by molar-refractivity contribution is 5.91. The Labute approximate surface area is 127 Å². The summed E-state index contributed by atoms with van der Waals surface area (Å²) in [6, 6.07) is 2.73. The molecule has 1 aromatic rings. The minimum atomic E-state index is -4.46. The minimum absolute atomic E-state index is 0.0557. The van der Waals surface area contributed by atoms with Crippen molar-refractivity contribution in [2.75, 3.05) is 25.0 Å². The van der Waals surface area contributed by atoms with E-state index < -0.39 is 17.8 Å². The molecule has 1 saturated heterocycles. The van der Waals surface area contributed by atoms with Gasteiger partial charge in [-0.15, -0.1) is 0 Å². The summed E-state index contributed by atoms with van der Waals surface area (Å²) in [7, 11) is 0. The Morgan fingerprint density at radius 3 is 2.59 bits per heavy atom. The number of amides is 2. The number of urea groups is 1. The molecule has 1 heterocycles. The second-order valence-electron chi connectivity index (χ2n) is 5.18. The molecule has 1 aliphatic heterocycles. The molecule has 0 bridgehead atoms. The van der Waals surface area contributed by atoms with Crippen molar-refractivity contribution in [3.8, 4) is 5.75 Å². The van der Waals surface area contributed by atoms with E-state index >= 15 is 0 Å². The van der Waals surface area contributed by atoms with E-state index in [1.807, 2.05) is 6.92 Å². The first-order valence-corrected chi connectivity index (χ1v) is 7.32. The molecule has 22 heavy (non-hydrogen) atoms. The monoisotopic (exact) mass is 316 g/mol. The zero-order valence-electron chi connectivity index (χ0n) is 12.4. The summed E-state index contributed by atoms with van der Waals surface area (Å²) in [6.07, 6.45) is -1.92. The van der Waals surface area contributed by atoms with E-state index in [-0.39, 0.29) is 11.4 Å². The lowest BCUT2D eigenvalue weighted by Crippen LogP contribution is -2.32. The molecular weight excluding hydrogens is 297 g/mol. The molecule has 0 aliphatic carbocycles. The Kier molecular flexibility index (Phi) is 5.15. The maximum Gasteiger partial charge on any atom is 0.416 e. The van der Waals surface area contributed by atoms with Crippen LogP contribution in [0.1, 0.15) is 31.7 Å². The van der Waals surface area contributed by atoms with Crippen LogP contribution in [-0.4, -0.2) is 30.6 Å². The largest absolute Gasteiger partial charge is 0.491 e. The molecular formula is C15H19F3N2O2. The maximum absolute atomic E-state index is 12.8. The highest BCUT2D eigenvalue weighted by Crippen LogP contribution is 2.35. The van der Waals surface area contributed by atoms with Gasteiger partial charge in [0.25, 0.3) is 0 Å². The Bertz CT molecular complexity index is 526. The number of rotatable bonds is 4. The van der Waals surface area contributed by atoms with Crippen LogP contribution >= 0.6 is 0 Å². The summed E-state index contributed by atoms with van der Waals surface area (Å²) in [5, 5.41) is 2.54. The fourth-order valence-corrected chi connectivity index (χ4v) is 2.26. The normalized spacial score (nSPS) is 15.0. The van der Waals surface area contributed by atoms with Crippen LogP contribution in [0.4, 0.5) is 23.7 Å². The lowest BCUT2D eigenvalue weighted by atomic mass is 10.1. The molecule has 4 nitrogen and oxygen atoms in total. The molecule has 0 atom stereocenters. The van der Waals surface area contributed by atoms with Gasteiger partial charge in [0, 0.05) is 13.1 Å². The highest BCUT2D eigenvalue weighted by Gasteiger charge is 2.31. The Hall–Kier alpha value is -1.92. The fourth-order valence-electron chi connectivity index (χ4n) is 2.26. The third-order valence-corrected chi connectivity index (χ3v) is 3.40. The van der Waals surface area contributed by atoms with Crippen molar-refractivity contribution in [1.29, 1.82) is 0 Å². The molecule has 7 heteroatoms. The molecule has 1 N–H and O–H groups in total. The molecule has 2 rings (SSSR count). The number of hydrogen-bond donors (Lipinski definition) is 1. The van der Waals surface area contributed by atoms with Crippen LogP contribution in [0.2, 0.25) is 0 Å². The first-order valence-electron chi connectivity index (χ1n) is 7.32. The molecule has 0 spiro atoms. The Balaban J connectivity index is 2.21. The van der Waals surface area contributed by atoms with E-state index in [2.05, 4.69) is 5.32 Å². The molecule has 1 aliphatic rings. The summed E-state index contributed by atoms with van der Waals surface area (Å²) in [5.41, 5.74) is -0.756. The molecule has 1 fully saturated rings. The van der Waals surface area contributed by atoms with Crippen molar-refractivity contribution in [1.82, 2.24) is 4.90 Å². The van der Waals surface area contributed by atoms with E-state index in [4.69, 9.17) is 4.74 Å². The van der Waals surface area contributed by atoms with Gasteiger partial charge in [-0.3, -0.25) is 0 Å². The summed E-state index contributed by atoms with van der Waals surface area (Å²) < 4.78 is 43.9. The molecule has 2 amide bonds. The second kappa shape index (κ2) is 6.89. The molecule has 0 aromatic heterocycles. The summed E-state index contributed by atoms with van der Waals surface area (Å²) in [4.78, 5) is 13.7. The minimum Gasteiger partial charge on any atom is -0.491 e. The van der Waals surface area contributed by atoms with Gasteiger partial charge < -0.3 is 15.0 Å². The van der Waals surface area contributed by atoms with E-state index in [9.17, 15) is 18.0 Å². The number of likely N-dealkylation sites (tertiary alicyclic amines) is 1. The fraction of sp³-hybridized carbons (Fsp3) is 0.533. The van der Waals surface area contributed by atoms with Gasteiger partial charge in [-0.1, -0.05) is 6.92 Å². The van der Waals surface area contributed by atoms with Crippen LogP contribution in [0, 0.1) is 0 Å². The number of nitrogens with zero attached hydrogens (tertiary/aromatic N) is 1. The number of benzene rings is 1. The molecule has 0 saturated carbocycles. The number of halogens is 3. The summed E-state index contributed by atoms with van der Waals surface area (Å²) in [5.74, 6) is 0.252. The van der Waals surface area contributed by atoms with E-state index in [0.29, 0.717) is 19.7 Å². The maximum atomic E-state index is 12.8. The van der Waals surface area contributed by atoms with Crippen LogP contribution in [0.3, 0.4) is 0 Å². The van der Waals surface area contributed by atoms with Crippen molar-refractivity contribution < 1.29 is 22.7 Å². The van der Waals surface area contributed by atoms with Crippen molar-refractivity contribution in [2.45, 2.75) is 32.4 Å². The van der Waals surface area contributed by atoms with Gasteiger partial charge >= 0.3 is 12.2 Å². The molecule has 0 unspecified atom stereocenters. The number of nitrogens with one attached hydrogen (secondary N) is 1. The van der Waals surface area contributed by atoms with Gasteiger partial charge in [-0.2, -0.15) is 13.2 Å². The summed E-state index contributed by atoms with van der Waals surface area (Å²) in [6.45, 7) is 3.51. The van der Waals surface area contributed by atoms with Gasteiger partial charge in [-0.25, -0.2) is 4.79 Å². The van der Waals surface area contributed by atoms with Crippen molar-refractivity contribution in [3.05, 3.63) is 23.8 Å². The van der Waals surface area contributed by atoms with Gasteiger partial charge in [0.2, 0.25) is 0 Å². The molecule has 1 aromatic carbocycles. The SMILES string of the molecule is CCCOc1ccc(C(F)(F)F)cc1NC(=O)N1CCCC1. The third kappa shape index (κ3) is 4.05. The van der Waals surface area contributed by atoms with Crippen molar-refractivity contribution >= 4 is 11.7 Å². The zero-order valence-corrected chi connectivity index (χ0v) is 12.4. The van der Waals surface area contributed by atoms with Gasteiger partial charge in [-0.05, 0) is 37.5 Å². The molecule has 122 valence electrons. The van der Waals surface area contributed by atoms with Gasteiger partial charge in [0.05, 0.1) is 17.9 Å². The van der Waals surface area contributed by atoms with Crippen LogP contribution in [0.5, 0.6) is 5.75 Å². The average Bonchev–Trinajstić information content (AvgIpc) is 2.99. The predicted molar refractivity (Wildman–Crippen MR) is 77.1 cm³/mol. The zero-order chi connectivity index (χ0) is 16.2. The number of hydrogen-bond acceptors (Lipinski definition) is 2. The highest BCUT2D eigenvalue weighted by atomic mass is 19.4. The number of alkyl halides is 3. The second-order valence-corrected chi connectivity index (χ2v) is 5.18. The van der Waals surface area contributed by atoms with Crippen molar-refractivity contribution in [3.63, 3.8) is 0 Å². The van der Waals surface area contributed by atoms with Crippen LogP contribution < -0.4 is 10.1 Å². The van der Waals surface area contributed by atoms with E-state index in [1.165, 1.54) is 6.07 Å². The van der Waals surface area contributed by atoms with Crippen molar-refractivity contribution in [2.24, 2.45) is 0 Å². The number of carbonyl (C=O) groups excluding carboxylic acids is 1. The van der Waals surface area contributed by atoms with Gasteiger partial charge in [0.15, 0.2) is 0 Å². The smallest absolute Gasteiger partial charge is 0.416 e. The quantitative estimate of drug-likeness (QED) is 0.908. The lowest BCUT2D eigenvalue weighted by molar-refractivity contribution is -0.137. The number of anilines is 1. The number of ether oxygens (including phenoxy) is 1. The molecule has 0 radical (unpaired) electrons. The van der Waals surface area contributed by atoms with E-state index in [0.717, 1.165) is 31.4 Å². The van der Waals surface area contributed by atoms with Gasteiger partial charge in [0.1, 0.15) is 5.75 Å². The van der Waals surface area contributed by atoms with Crippen LogP contribution in [0.15, 0.2) is 18.2 Å². The van der Waals surface area contributed by atoms with Crippen LogP contribution in [0.25, 0.3) is 0 Å². The first kappa shape index (κ1) is 16.5. The Morgan fingerprint density at radius 1 is 1.32 bits per heavy atom. The van der Waals surface area contributed by atoms with Crippen LogP contribution in [-0.2, 0) is 6.18 Å². The Morgan fingerprint density at radius 2 is 2.00 bits per heavy atom. The number of carbonyl (C=O) groups is 1. The standard InChI is InChI=1S/C15H19F3N2O2/c1-2-9-22-13-6-5-11(15(16,17)18)10-12(13)19-14(21)20-7-3-4-8-20/h5-6,10H,2-4,7-9H2,1H3,(H,19,21). The first-order chi connectivity index (χ1) is 10.4. The van der Waals surface area contributed by atoms with E-state index in [1.54, 1.807) is 4.90 Å². The summed E-state index contributed by atoms with van der Waals surface area (Å²) >= 11 is 0. The third-order valence-electron chi connectivity index (χ3n) is 3.40. The topological polar surface area (TPSA) is 41.6 Å². The predicted octanol–water partition coefficient (Wildman–Crippen LogP) is 4.12.